The molecule has 0 spiro atoms. The van der Waals surface area contributed by atoms with E-state index in [-0.39, 0.29) is 11.9 Å². The van der Waals surface area contributed by atoms with Crippen molar-refractivity contribution in [2.45, 2.75) is 18.9 Å². The van der Waals surface area contributed by atoms with Gasteiger partial charge < -0.3 is 10.1 Å². The lowest BCUT2D eigenvalue weighted by Gasteiger charge is -2.16. The summed E-state index contributed by atoms with van der Waals surface area (Å²) in [7, 11) is 3.40. The number of ether oxygens (including phenoxy) is 1. The monoisotopic (exact) mass is 209 g/mol. The third-order valence-corrected chi connectivity index (χ3v) is 2.94. The van der Waals surface area contributed by atoms with Crippen LogP contribution in [0.5, 0.6) is 5.75 Å². The smallest absolute Gasteiger partial charge is 0.165 e. The number of rotatable bonds is 4. The van der Waals surface area contributed by atoms with Gasteiger partial charge in [-0.05, 0) is 43.5 Å². The van der Waals surface area contributed by atoms with Crippen LogP contribution in [0, 0.1) is 11.7 Å². The molecule has 1 unspecified atom stereocenters. The topological polar surface area (TPSA) is 21.3 Å². The summed E-state index contributed by atoms with van der Waals surface area (Å²) in [6.45, 7) is 0. The van der Waals surface area contributed by atoms with Gasteiger partial charge >= 0.3 is 0 Å². The molecule has 0 bridgehead atoms. The molecule has 1 N–H and O–H groups in total. The molecular formula is C12H16FNO. The molecule has 0 aromatic heterocycles. The maximum absolute atomic E-state index is 13.5. The Labute approximate surface area is 89.4 Å². The number of halogens is 1. The zero-order valence-electron chi connectivity index (χ0n) is 9.09. The summed E-state index contributed by atoms with van der Waals surface area (Å²) in [4.78, 5) is 0. The second kappa shape index (κ2) is 4.19. The van der Waals surface area contributed by atoms with Crippen LogP contribution in [0.3, 0.4) is 0 Å². The average molecular weight is 209 g/mol. The summed E-state index contributed by atoms with van der Waals surface area (Å²) >= 11 is 0. The minimum atomic E-state index is -0.282. The van der Waals surface area contributed by atoms with Gasteiger partial charge in [-0.15, -0.1) is 0 Å². The molecule has 0 amide bonds. The predicted molar refractivity (Wildman–Crippen MR) is 57.5 cm³/mol. The van der Waals surface area contributed by atoms with E-state index in [0.29, 0.717) is 11.7 Å². The van der Waals surface area contributed by atoms with Gasteiger partial charge in [-0.25, -0.2) is 4.39 Å². The van der Waals surface area contributed by atoms with Crippen molar-refractivity contribution in [1.29, 1.82) is 0 Å². The zero-order valence-corrected chi connectivity index (χ0v) is 9.09. The largest absolute Gasteiger partial charge is 0.494 e. The number of benzene rings is 1. The van der Waals surface area contributed by atoms with Crippen LogP contribution in [-0.2, 0) is 0 Å². The van der Waals surface area contributed by atoms with E-state index in [0.717, 1.165) is 5.56 Å². The second-order valence-corrected chi connectivity index (χ2v) is 4.00. The summed E-state index contributed by atoms with van der Waals surface area (Å²) in [6.07, 6.45) is 2.47. The molecule has 1 aromatic rings. The zero-order chi connectivity index (χ0) is 10.8. The van der Waals surface area contributed by atoms with Crippen LogP contribution in [0.4, 0.5) is 4.39 Å². The minimum absolute atomic E-state index is 0.282. The van der Waals surface area contributed by atoms with Gasteiger partial charge in [0.15, 0.2) is 11.6 Å². The fraction of sp³-hybridized carbons (Fsp3) is 0.500. The van der Waals surface area contributed by atoms with Crippen LogP contribution in [-0.4, -0.2) is 14.2 Å². The van der Waals surface area contributed by atoms with Gasteiger partial charge in [0.05, 0.1) is 7.11 Å². The summed E-state index contributed by atoms with van der Waals surface area (Å²) in [5.41, 5.74) is 1.01. The van der Waals surface area contributed by atoms with E-state index in [1.165, 1.54) is 20.0 Å². The summed E-state index contributed by atoms with van der Waals surface area (Å²) in [5.74, 6) is 0.697. The Morgan fingerprint density at radius 2 is 2.20 bits per heavy atom. The SMILES string of the molecule is CNC(c1ccc(OC)c(F)c1)C1CC1. The molecule has 1 fully saturated rings. The fourth-order valence-electron chi connectivity index (χ4n) is 1.98. The van der Waals surface area contributed by atoms with Gasteiger partial charge in [0.1, 0.15) is 0 Å². The Morgan fingerprint density at radius 1 is 1.47 bits per heavy atom. The summed E-state index contributed by atoms with van der Waals surface area (Å²) < 4.78 is 18.4. The molecule has 15 heavy (non-hydrogen) atoms. The Morgan fingerprint density at radius 3 is 2.67 bits per heavy atom. The number of hydrogen-bond acceptors (Lipinski definition) is 2. The predicted octanol–water partition coefficient (Wildman–Crippen LogP) is 2.50. The number of nitrogens with one attached hydrogen (secondary N) is 1. The first-order valence-corrected chi connectivity index (χ1v) is 5.27. The van der Waals surface area contributed by atoms with Crippen molar-refractivity contribution in [3.05, 3.63) is 29.6 Å². The standard InChI is InChI=1S/C12H16FNO/c1-14-12(8-3-4-8)9-5-6-11(15-2)10(13)7-9/h5-8,12,14H,3-4H2,1-2H3. The van der Waals surface area contributed by atoms with Crippen molar-refractivity contribution in [3.8, 4) is 5.75 Å². The lowest BCUT2D eigenvalue weighted by molar-refractivity contribution is 0.385. The lowest BCUT2D eigenvalue weighted by Crippen LogP contribution is -2.18. The molecule has 1 atom stereocenters. The number of hydrogen-bond donors (Lipinski definition) is 1. The molecule has 2 nitrogen and oxygen atoms in total. The Hall–Kier alpha value is -1.09. The van der Waals surface area contributed by atoms with Gasteiger partial charge in [0, 0.05) is 6.04 Å². The maximum atomic E-state index is 13.5. The van der Waals surface area contributed by atoms with E-state index in [1.54, 1.807) is 12.1 Å². The lowest BCUT2D eigenvalue weighted by atomic mass is 10.0. The molecule has 2 rings (SSSR count). The first kappa shape index (κ1) is 10.4. The van der Waals surface area contributed by atoms with Crippen LogP contribution in [0.15, 0.2) is 18.2 Å². The van der Waals surface area contributed by atoms with Gasteiger partial charge in [-0.2, -0.15) is 0 Å². The first-order chi connectivity index (χ1) is 7.26. The second-order valence-electron chi connectivity index (χ2n) is 4.00. The molecular weight excluding hydrogens is 193 g/mol. The van der Waals surface area contributed by atoms with Crippen molar-refractivity contribution in [3.63, 3.8) is 0 Å². The van der Waals surface area contributed by atoms with Crippen LogP contribution in [0.2, 0.25) is 0 Å². The van der Waals surface area contributed by atoms with E-state index in [9.17, 15) is 4.39 Å². The first-order valence-electron chi connectivity index (χ1n) is 5.27. The average Bonchev–Trinajstić information content (AvgIpc) is 3.03. The maximum Gasteiger partial charge on any atom is 0.165 e. The Bertz CT molecular complexity index is 349. The Balaban J connectivity index is 2.23. The van der Waals surface area contributed by atoms with Crippen molar-refractivity contribution in [2.24, 2.45) is 5.92 Å². The highest BCUT2D eigenvalue weighted by molar-refractivity contribution is 5.31. The molecule has 82 valence electrons. The van der Waals surface area contributed by atoms with Gasteiger partial charge in [0.2, 0.25) is 0 Å². The fourth-order valence-corrected chi connectivity index (χ4v) is 1.98. The van der Waals surface area contributed by atoms with Crippen LogP contribution >= 0.6 is 0 Å². The van der Waals surface area contributed by atoms with E-state index in [1.807, 2.05) is 13.1 Å². The van der Waals surface area contributed by atoms with Crippen LogP contribution in [0.1, 0.15) is 24.4 Å². The van der Waals surface area contributed by atoms with E-state index >= 15 is 0 Å². The molecule has 0 radical (unpaired) electrons. The molecule has 1 aromatic carbocycles. The number of methoxy groups -OCH3 is 1. The molecule has 0 heterocycles. The van der Waals surface area contributed by atoms with Gasteiger partial charge in [-0.1, -0.05) is 6.07 Å². The highest BCUT2D eigenvalue weighted by Gasteiger charge is 2.31. The third-order valence-electron chi connectivity index (χ3n) is 2.94. The molecule has 1 aliphatic rings. The van der Waals surface area contributed by atoms with E-state index in [2.05, 4.69) is 5.32 Å². The minimum Gasteiger partial charge on any atom is -0.494 e. The molecule has 1 saturated carbocycles. The summed E-state index contributed by atoms with van der Waals surface area (Å²) in [6, 6.07) is 5.47. The quantitative estimate of drug-likeness (QED) is 0.822. The van der Waals surface area contributed by atoms with E-state index in [4.69, 9.17) is 4.74 Å². The van der Waals surface area contributed by atoms with Gasteiger partial charge in [0.25, 0.3) is 0 Å². The van der Waals surface area contributed by atoms with Crippen molar-refractivity contribution in [1.82, 2.24) is 5.32 Å². The van der Waals surface area contributed by atoms with Crippen molar-refractivity contribution >= 4 is 0 Å². The molecule has 0 aliphatic heterocycles. The molecule has 1 aliphatic carbocycles. The molecule has 3 heteroatoms. The van der Waals surface area contributed by atoms with Crippen LogP contribution < -0.4 is 10.1 Å². The normalized spacial score (nSPS) is 17.5. The van der Waals surface area contributed by atoms with Crippen molar-refractivity contribution < 1.29 is 9.13 Å². The highest BCUT2D eigenvalue weighted by Crippen LogP contribution is 2.41. The van der Waals surface area contributed by atoms with Gasteiger partial charge in [-0.3, -0.25) is 0 Å². The van der Waals surface area contributed by atoms with Crippen molar-refractivity contribution in [2.75, 3.05) is 14.2 Å². The Kier molecular flexibility index (Phi) is 2.91. The van der Waals surface area contributed by atoms with E-state index < -0.39 is 0 Å². The third kappa shape index (κ3) is 2.12. The van der Waals surface area contributed by atoms with Crippen LogP contribution in [0.25, 0.3) is 0 Å². The highest BCUT2D eigenvalue weighted by atomic mass is 19.1. The summed E-state index contributed by atoms with van der Waals surface area (Å²) in [5, 5.41) is 3.24. The molecule has 0 saturated heterocycles.